The summed E-state index contributed by atoms with van der Waals surface area (Å²) < 4.78 is 5.53. The summed E-state index contributed by atoms with van der Waals surface area (Å²) in [4.78, 5) is 41.7. The first-order valence-corrected chi connectivity index (χ1v) is 13.4. The molecule has 4 aliphatic rings. The molecule has 2 saturated heterocycles. The van der Waals surface area contributed by atoms with Crippen molar-refractivity contribution in [2.75, 3.05) is 24.7 Å². The average Bonchev–Trinajstić information content (AvgIpc) is 3.20. The predicted molar refractivity (Wildman–Crippen MR) is 140 cm³/mol. The molecule has 3 aliphatic heterocycles. The largest absolute Gasteiger partial charge is 0.381 e. The van der Waals surface area contributed by atoms with Gasteiger partial charge >= 0.3 is 0 Å². The van der Waals surface area contributed by atoms with Crippen LogP contribution < -0.4 is 16.0 Å². The minimum absolute atomic E-state index is 0. The maximum atomic E-state index is 13.4. The van der Waals surface area contributed by atoms with Gasteiger partial charge < -0.3 is 20.3 Å². The van der Waals surface area contributed by atoms with Crippen LogP contribution in [0.3, 0.4) is 0 Å². The lowest BCUT2D eigenvalue weighted by atomic mass is 9.89. The van der Waals surface area contributed by atoms with Gasteiger partial charge in [-0.05, 0) is 75.8 Å². The van der Waals surface area contributed by atoms with Crippen LogP contribution in [-0.2, 0) is 20.9 Å². The molecule has 0 aromatic heterocycles. The Balaban J connectivity index is 0.00000304. The summed E-state index contributed by atoms with van der Waals surface area (Å²) in [5.41, 5.74) is 9.05. The highest BCUT2D eigenvalue weighted by Crippen LogP contribution is 2.37. The summed E-state index contributed by atoms with van der Waals surface area (Å²) >= 11 is 0. The monoisotopic (exact) mass is 518 g/mol. The van der Waals surface area contributed by atoms with Gasteiger partial charge in [0.05, 0.1) is 0 Å². The van der Waals surface area contributed by atoms with Gasteiger partial charge in [-0.2, -0.15) is 0 Å². The molecule has 3 N–H and O–H groups in total. The van der Waals surface area contributed by atoms with Gasteiger partial charge in [-0.25, -0.2) is 0 Å². The van der Waals surface area contributed by atoms with Crippen LogP contribution in [0.2, 0.25) is 0 Å². The van der Waals surface area contributed by atoms with E-state index >= 15 is 0 Å². The van der Waals surface area contributed by atoms with Crippen LogP contribution in [0, 0.1) is 5.92 Å². The minimum atomic E-state index is -0.588. The fourth-order valence-electron chi connectivity index (χ4n) is 6.34. The molecular weight excluding hydrogens is 480 g/mol. The van der Waals surface area contributed by atoms with Crippen LogP contribution in [0.4, 0.5) is 5.69 Å². The first-order chi connectivity index (χ1) is 17.0. The molecule has 1 aliphatic carbocycles. The predicted octanol–water partition coefficient (Wildman–Crippen LogP) is 3.15. The van der Waals surface area contributed by atoms with Crippen molar-refractivity contribution in [3.05, 3.63) is 29.3 Å². The molecule has 0 bridgehead atoms. The highest BCUT2D eigenvalue weighted by Gasteiger charge is 2.40. The van der Waals surface area contributed by atoms with E-state index in [1.807, 2.05) is 12.1 Å². The molecule has 0 radical (unpaired) electrons. The van der Waals surface area contributed by atoms with E-state index < -0.39 is 6.04 Å². The molecule has 3 heterocycles. The number of imide groups is 1. The number of hydrogen-bond donors (Lipinski definition) is 2. The van der Waals surface area contributed by atoms with Gasteiger partial charge in [0.25, 0.3) is 5.91 Å². The summed E-state index contributed by atoms with van der Waals surface area (Å²) in [6.45, 7) is 3.12. The third-order valence-electron chi connectivity index (χ3n) is 8.40. The number of nitrogens with two attached hydrogens (primary N) is 1. The van der Waals surface area contributed by atoms with E-state index in [2.05, 4.69) is 16.3 Å². The molecule has 5 rings (SSSR count). The van der Waals surface area contributed by atoms with Crippen LogP contribution in [0.25, 0.3) is 0 Å². The lowest BCUT2D eigenvalue weighted by Gasteiger charge is -2.39. The third-order valence-corrected chi connectivity index (χ3v) is 8.40. The highest BCUT2D eigenvalue weighted by molar-refractivity contribution is 6.06. The average molecular weight is 519 g/mol. The van der Waals surface area contributed by atoms with E-state index in [1.54, 1.807) is 4.90 Å². The molecule has 1 unspecified atom stereocenters. The molecule has 36 heavy (non-hydrogen) atoms. The minimum Gasteiger partial charge on any atom is -0.381 e. The molecule has 0 spiro atoms. The molecule has 198 valence electrons. The number of fused-ring (bicyclic) bond motifs is 1. The quantitative estimate of drug-likeness (QED) is 0.537. The highest BCUT2D eigenvalue weighted by atomic mass is 35.5. The number of nitrogens with zero attached hydrogens (tertiary/aromatic N) is 2. The van der Waals surface area contributed by atoms with Crippen LogP contribution in [-0.4, -0.2) is 60.5 Å². The summed E-state index contributed by atoms with van der Waals surface area (Å²) in [6.07, 6.45) is 9.43. The Morgan fingerprint density at radius 2 is 1.78 bits per heavy atom. The Kier molecular flexibility index (Phi) is 8.91. The lowest BCUT2D eigenvalue weighted by molar-refractivity contribution is -0.136. The molecular formula is C27H39ClN4O4. The van der Waals surface area contributed by atoms with Crippen molar-refractivity contribution in [1.29, 1.82) is 0 Å². The van der Waals surface area contributed by atoms with Crippen molar-refractivity contribution in [1.82, 2.24) is 10.2 Å². The first-order valence-electron chi connectivity index (χ1n) is 13.4. The van der Waals surface area contributed by atoms with E-state index in [-0.39, 0.29) is 42.6 Å². The molecule has 1 atom stereocenters. The lowest BCUT2D eigenvalue weighted by Crippen LogP contribution is -2.52. The number of halogens is 1. The zero-order valence-corrected chi connectivity index (χ0v) is 21.8. The summed E-state index contributed by atoms with van der Waals surface area (Å²) in [6, 6.07) is 6.10. The van der Waals surface area contributed by atoms with Gasteiger partial charge in [0.1, 0.15) is 6.04 Å². The van der Waals surface area contributed by atoms with Gasteiger partial charge in [0.15, 0.2) is 0 Å². The number of hydrogen-bond acceptors (Lipinski definition) is 6. The molecule has 3 amide bonds. The Morgan fingerprint density at radius 3 is 2.50 bits per heavy atom. The third kappa shape index (κ3) is 5.71. The number of amides is 3. The zero-order valence-electron chi connectivity index (χ0n) is 21.0. The number of benzene rings is 1. The van der Waals surface area contributed by atoms with Gasteiger partial charge in [0.2, 0.25) is 11.8 Å². The van der Waals surface area contributed by atoms with E-state index in [1.165, 1.54) is 6.42 Å². The molecule has 9 heteroatoms. The van der Waals surface area contributed by atoms with Crippen LogP contribution >= 0.6 is 12.4 Å². The fourth-order valence-corrected chi connectivity index (χ4v) is 6.34. The van der Waals surface area contributed by atoms with Crippen molar-refractivity contribution < 1.29 is 19.1 Å². The van der Waals surface area contributed by atoms with E-state index in [0.29, 0.717) is 24.6 Å². The first kappa shape index (κ1) is 26.9. The SMILES string of the molecule is Cl.NC1CCC(N(CCCC2CCOCC2)c2cccc3c2CN(C2CCC(=O)NC2=O)C3=O)CC1. The summed E-state index contributed by atoms with van der Waals surface area (Å²) in [5.74, 6) is 0.00137. The van der Waals surface area contributed by atoms with E-state index in [4.69, 9.17) is 10.5 Å². The van der Waals surface area contributed by atoms with Crippen molar-refractivity contribution >= 4 is 35.8 Å². The maximum Gasteiger partial charge on any atom is 0.255 e. The Bertz CT molecular complexity index is 959. The smallest absolute Gasteiger partial charge is 0.255 e. The standard InChI is InChI=1S/C27H38N4O4.ClH/c28-19-6-8-20(9-7-19)30(14-2-3-18-12-15-35-16-13-18)23-5-1-4-21-22(23)17-31(27(21)34)24-10-11-25(32)29-26(24)33;/h1,4-5,18-20,24H,2-3,6-17,28H2,(H,29,32,33);1H. The van der Waals surface area contributed by atoms with Crippen molar-refractivity contribution in [3.63, 3.8) is 0 Å². The van der Waals surface area contributed by atoms with E-state index in [0.717, 1.165) is 81.9 Å². The van der Waals surface area contributed by atoms with Crippen LogP contribution in [0.5, 0.6) is 0 Å². The second kappa shape index (κ2) is 11.9. The Morgan fingerprint density at radius 1 is 1.03 bits per heavy atom. The van der Waals surface area contributed by atoms with Crippen LogP contribution in [0.1, 0.15) is 80.1 Å². The maximum absolute atomic E-state index is 13.4. The number of nitrogens with one attached hydrogen (secondary N) is 1. The zero-order chi connectivity index (χ0) is 24.4. The van der Waals surface area contributed by atoms with Crippen LogP contribution in [0.15, 0.2) is 18.2 Å². The van der Waals surface area contributed by atoms with Gasteiger partial charge in [-0.3, -0.25) is 19.7 Å². The topological polar surface area (TPSA) is 105 Å². The summed E-state index contributed by atoms with van der Waals surface area (Å²) in [7, 11) is 0. The normalized spacial score (nSPS) is 26.9. The van der Waals surface area contributed by atoms with E-state index in [9.17, 15) is 14.4 Å². The number of carbonyl (C=O) groups is 3. The second-order valence-corrected chi connectivity index (χ2v) is 10.7. The number of piperidine rings is 1. The molecule has 1 aromatic carbocycles. The second-order valence-electron chi connectivity index (χ2n) is 10.7. The van der Waals surface area contributed by atoms with Gasteiger partial charge in [-0.1, -0.05) is 6.07 Å². The Labute approximate surface area is 219 Å². The summed E-state index contributed by atoms with van der Waals surface area (Å²) in [5, 5.41) is 2.40. The number of anilines is 1. The van der Waals surface area contributed by atoms with Crippen molar-refractivity contribution in [3.8, 4) is 0 Å². The number of rotatable bonds is 7. The van der Waals surface area contributed by atoms with Gasteiger partial charge in [-0.15, -0.1) is 12.4 Å². The van der Waals surface area contributed by atoms with Gasteiger partial charge in [0, 0.05) is 61.6 Å². The van der Waals surface area contributed by atoms with Crippen molar-refractivity contribution in [2.45, 2.75) is 88.9 Å². The Hall–Kier alpha value is -2.16. The molecule has 3 fully saturated rings. The molecule has 1 aromatic rings. The molecule has 8 nitrogen and oxygen atoms in total. The van der Waals surface area contributed by atoms with Crippen molar-refractivity contribution in [2.24, 2.45) is 11.7 Å². The molecule has 1 saturated carbocycles. The number of ether oxygens (including phenoxy) is 1. The fraction of sp³-hybridized carbons (Fsp3) is 0.667. The number of carbonyl (C=O) groups excluding carboxylic acids is 3.